The van der Waals surface area contributed by atoms with Gasteiger partial charge in [0.1, 0.15) is 0 Å². The summed E-state index contributed by atoms with van der Waals surface area (Å²) in [6.45, 7) is 12.1. The summed E-state index contributed by atoms with van der Waals surface area (Å²) in [5.74, 6) is 1.00. The lowest BCUT2D eigenvalue weighted by atomic mass is 10.1. The van der Waals surface area contributed by atoms with Crippen molar-refractivity contribution in [3.63, 3.8) is 0 Å². The summed E-state index contributed by atoms with van der Waals surface area (Å²) >= 11 is 0. The fraction of sp³-hybridized carbons (Fsp3) is 0.667. The molecule has 46 heavy (non-hydrogen) atoms. The first-order valence-corrected chi connectivity index (χ1v) is 15.1. The SMILES string of the molecule is COc1cc(OC)nc(OC(C(=O)N2CCOCC2)C(C)C)n1.COc1cc(OC)nc(OC(C(=O)N2CCOCC2)C(C)C)n1. The van der Waals surface area contributed by atoms with E-state index in [2.05, 4.69) is 19.9 Å². The minimum Gasteiger partial charge on any atom is -0.481 e. The number of nitrogens with zero attached hydrogens (tertiary/aromatic N) is 6. The van der Waals surface area contributed by atoms with E-state index in [9.17, 15) is 9.59 Å². The number of rotatable bonds is 12. The van der Waals surface area contributed by atoms with Gasteiger partial charge in [-0.15, -0.1) is 0 Å². The van der Waals surface area contributed by atoms with Crippen LogP contribution in [0.3, 0.4) is 0 Å². The van der Waals surface area contributed by atoms with Crippen molar-refractivity contribution in [3.05, 3.63) is 12.1 Å². The maximum Gasteiger partial charge on any atom is 0.323 e. The number of carbonyl (C=O) groups excluding carboxylic acids is 2. The van der Waals surface area contributed by atoms with Crippen molar-refractivity contribution < 1.29 is 47.5 Å². The van der Waals surface area contributed by atoms with Gasteiger partial charge in [-0.2, -0.15) is 19.9 Å². The van der Waals surface area contributed by atoms with E-state index in [0.29, 0.717) is 76.1 Å². The van der Waals surface area contributed by atoms with Crippen LogP contribution < -0.4 is 28.4 Å². The highest BCUT2D eigenvalue weighted by Crippen LogP contribution is 2.23. The van der Waals surface area contributed by atoms with Crippen LogP contribution in [0.15, 0.2) is 12.1 Å². The summed E-state index contributed by atoms with van der Waals surface area (Å²) < 4.78 is 42.4. The van der Waals surface area contributed by atoms with Gasteiger partial charge in [-0.1, -0.05) is 27.7 Å². The zero-order chi connectivity index (χ0) is 33.6. The second-order valence-corrected chi connectivity index (χ2v) is 10.9. The molecule has 0 aliphatic carbocycles. The average molecular weight is 651 g/mol. The number of amides is 2. The molecule has 2 aromatic heterocycles. The molecule has 16 heteroatoms. The van der Waals surface area contributed by atoms with E-state index in [0.717, 1.165) is 0 Å². The van der Waals surface area contributed by atoms with Crippen LogP contribution in [0.5, 0.6) is 35.5 Å². The van der Waals surface area contributed by atoms with E-state index in [1.165, 1.54) is 28.4 Å². The third kappa shape index (κ3) is 10.4. The number of aromatic nitrogens is 4. The zero-order valence-electron chi connectivity index (χ0n) is 27.9. The van der Waals surface area contributed by atoms with Crippen LogP contribution in [-0.2, 0) is 19.1 Å². The topological polar surface area (TPSA) is 166 Å². The van der Waals surface area contributed by atoms with Gasteiger partial charge in [0.25, 0.3) is 11.8 Å². The predicted molar refractivity (Wildman–Crippen MR) is 164 cm³/mol. The van der Waals surface area contributed by atoms with Crippen molar-refractivity contribution in [2.45, 2.75) is 39.9 Å². The Morgan fingerprint density at radius 2 is 0.870 bits per heavy atom. The molecule has 2 aliphatic rings. The predicted octanol–water partition coefficient (Wildman–Crippen LogP) is 1.51. The summed E-state index contributed by atoms with van der Waals surface area (Å²) in [7, 11) is 5.96. The van der Waals surface area contributed by atoms with Gasteiger partial charge in [0.2, 0.25) is 23.5 Å². The van der Waals surface area contributed by atoms with E-state index in [4.69, 9.17) is 37.9 Å². The lowest BCUT2D eigenvalue weighted by Gasteiger charge is -2.31. The average Bonchev–Trinajstić information content (AvgIpc) is 3.09. The molecule has 0 bridgehead atoms. The van der Waals surface area contributed by atoms with Crippen LogP contribution in [0.2, 0.25) is 0 Å². The summed E-state index contributed by atoms with van der Waals surface area (Å²) in [6, 6.07) is 3.20. The Labute approximate surface area is 269 Å². The van der Waals surface area contributed by atoms with Crippen LogP contribution in [-0.4, -0.2) is 135 Å². The van der Waals surface area contributed by atoms with E-state index < -0.39 is 12.2 Å². The van der Waals surface area contributed by atoms with Gasteiger partial charge in [-0.3, -0.25) is 9.59 Å². The molecule has 2 saturated heterocycles. The second kappa shape index (κ2) is 18.1. The molecular weight excluding hydrogens is 604 g/mol. The van der Waals surface area contributed by atoms with E-state index in [-0.39, 0.29) is 35.7 Å². The van der Waals surface area contributed by atoms with Crippen molar-refractivity contribution in [2.24, 2.45) is 11.8 Å². The van der Waals surface area contributed by atoms with Crippen molar-refractivity contribution >= 4 is 11.8 Å². The normalized spacial score (nSPS) is 16.1. The van der Waals surface area contributed by atoms with Crippen LogP contribution in [0.1, 0.15) is 27.7 Å². The summed E-state index contributed by atoms with van der Waals surface area (Å²) in [5, 5.41) is 0. The lowest BCUT2D eigenvalue weighted by molar-refractivity contribution is -0.145. The van der Waals surface area contributed by atoms with E-state index >= 15 is 0 Å². The van der Waals surface area contributed by atoms with Crippen LogP contribution in [0.25, 0.3) is 0 Å². The van der Waals surface area contributed by atoms with Gasteiger partial charge >= 0.3 is 12.0 Å². The number of morpholine rings is 2. The maximum absolute atomic E-state index is 12.7. The lowest BCUT2D eigenvalue weighted by Crippen LogP contribution is -2.49. The Morgan fingerprint density at radius 1 is 0.587 bits per heavy atom. The third-order valence-corrected chi connectivity index (χ3v) is 6.96. The monoisotopic (exact) mass is 650 g/mol. The number of hydrogen-bond donors (Lipinski definition) is 0. The Morgan fingerprint density at radius 3 is 1.11 bits per heavy atom. The van der Waals surface area contributed by atoms with Gasteiger partial charge in [-0.05, 0) is 11.8 Å². The molecule has 2 atom stereocenters. The third-order valence-electron chi connectivity index (χ3n) is 6.96. The molecule has 4 heterocycles. The van der Waals surface area contributed by atoms with Gasteiger partial charge in [0, 0.05) is 26.2 Å². The van der Waals surface area contributed by atoms with Gasteiger partial charge in [0.15, 0.2) is 12.2 Å². The van der Waals surface area contributed by atoms with Gasteiger partial charge in [-0.25, -0.2) is 0 Å². The summed E-state index contributed by atoms with van der Waals surface area (Å²) in [4.78, 5) is 45.3. The highest BCUT2D eigenvalue weighted by Gasteiger charge is 2.32. The molecule has 2 amide bonds. The molecule has 2 aromatic rings. The Balaban J connectivity index is 0.000000250. The zero-order valence-corrected chi connectivity index (χ0v) is 27.9. The minimum atomic E-state index is -0.676. The quantitative estimate of drug-likeness (QED) is 0.324. The van der Waals surface area contributed by atoms with E-state index in [1.54, 1.807) is 21.9 Å². The Kier molecular flexibility index (Phi) is 14.3. The number of methoxy groups -OCH3 is 4. The number of hydrogen-bond acceptors (Lipinski definition) is 14. The minimum absolute atomic E-state index is 0.0360. The highest BCUT2D eigenvalue weighted by atomic mass is 16.5. The van der Waals surface area contributed by atoms with E-state index in [1.807, 2.05) is 27.7 Å². The molecule has 2 aliphatic heterocycles. The molecular formula is C30H46N6O10. The first-order chi connectivity index (χ1) is 22.1. The summed E-state index contributed by atoms with van der Waals surface area (Å²) in [5.41, 5.74) is 0. The van der Waals surface area contributed by atoms with Crippen molar-refractivity contribution in [3.8, 4) is 35.5 Å². The highest BCUT2D eigenvalue weighted by molar-refractivity contribution is 5.82. The molecule has 4 rings (SSSR count). The Hall–Kier alpha value is -4.18. The molecule has 16 nitrogen and oxygen atoms in total. The standard InChI is InChI=1S/2C15H23N3O5/c2*1-10(2)13(14(19)18-5-7-22-8-6-18)23-15-16-11(20-3)9-12(17-15)21-4/h2*9-10,13H,5-8H2,1-4H3. The Bertz CT molecular complexity index is 1110. The van der Waals surface area contributed by atoms with Crippen molar-refractivity contribution in [1.29, 1.82) is 0 Å². The molecule has 256 valence electrons. The number of carbonyl (C=O) groups is 2. The molecule has 0 saturated carbocycles. The molecule has 0 N–H and O–H groups in total. The fourth-order valence-electron chi connectivity index (χ4n) is 4.39. The largest absolute Gasteiger partial charge is 0.481 e. The van der Waals surface area contributed by atoms with Crippen LogP contribution in [0, 0.1) is 11.8 Å². The van der Waals surface area contributed by atoms with Gasteiger partial charge < -0.3 is 47.7 Å². The summed E-state index contributed by atoms with van der Waals surface area (Å²) in [6.07, 6.45) is -1.35. The molecule has 2 unspecified atom stereocenters. The second-order valence-electron chi connectivity index (χ2n) is 10.9. The fourth-order valence-corrected chi connectivity index (χ4v) is 4.39. The number of ether oxygens (including phenoxy) is 8. The smallest absolute Gasteiger partial charge is 0.323 e. The first-order valence-electron chi connectivity index (χ1n) is 15.1. The van der Waals surface area contributed by atoms with Crippen molar-refractivity contribution in [1.82, 2.24) is 29.7 Å². The van der Waals surface area contributed by atoms with Crippen molar-refractivity contribution in [2.75, 3.05) is 81.0 Å². The van der Waals surface area contributed by atoms with Crippen LogP contribution >= 0.6 is 0 Å². The molecule has 2 fully saturated rings. The molecule has 0 spiro atoms. The maximum atomic E-state index is 12.7. The molecule has 0 aromatic carbocycles. The first kappa shape index (κ1) is 36.3. The van der Waals surface area contributed by atoms with Gasteiger partial charge in [0.05, 0.1) is 67.0 Å². The van der Waals surface area contributed by atoms with Crippen LogP contribution in [0.4, 0.5) is 0 Å². The molecule has 0 radical (unpaired) electrons.